The van der Waals surface area contributed by atoms with Crippen molar-refractivity contribution in [3.63, 3.8) is 0 Å². The van der Waals surface area contributed by atoms with Gasteiger partial charge in [-0.1, -0.05) is 48.0 Å². The number of halogens is 1. The molecule has 33 heavy (non-hydrogen) atoms. The van der Waals surface area contributed by atoms with Gasteiger partial charge in [0, 0.05) is 21.8 Å². The summed E-state index contributed by atoms with van der Waals surface area (Å²) in [5.74, 6) is -0.409. The van der Waals surface area contributed by atoms with Crippen LogP contribution in [0.25, 0.3) is 22.5 Å². The maximum absolute atomic E-state index is 13.0. The summed E-state index contributed by atoms with van der Waals surface area (Å²) in [7, 11) is 0. The number of nitrogens with one attached hydrogen (secondary N) is 1. The van der Waals surface area contributed by atoms with Crippen LogP contribution in [0.2, 0.25) is 5.02 Å². The number of hydrogen-bond acceptors (Lipinski definition) is 2. The summed E-state index contributed by atoms with van der Waals surface area (Å²) in [6.07, 6.45) is 1.74. The molecule has 1 aliphatic heterocycles. The zero-order chi connectivity index (χ0) is 23.3. The fourth-order valence-electron chi connectivity index (χ4n) is 4.47. The molecule has 0 unspecified atom stereocenters. The molecule has 0 aliphatic carbocycles. The zero-order valence-electron chi connectivity index (χ0n) is 18.5. The van der Waals surface area contributed by atoms with Crippen molar-refractivity contribution in [2.45, 2.75) is 20.8 Å². The van der Waals surface area contributed by atoms with E-state index < -0.39 is 11.9 Å². The highest BCUT2D eigenvalue weighted by atomic mass is 35.5. The quantitative estimate of drug-likeness (QED) is 0.291. The second-order valence-corrected chi connectivity index (χ2v) is 8.65. The van der Waals surface area contributed by atoms with Gasteiger partial charge in [-0.15, -0.1) is 0 Å². The lowest BCUT2D eigenvalue weighted by Gasteiger charge is -2.14. The van der Waals surface area contributed by atoms with Crippen molar-refractivity contribution >= 4 is 46.1 Å². The fourth-order valence-corrected chi connectivity index (χ4v) is 4.66. The monoisotopic (exact) mass is 455 g/mol. The van der Waals surface area contributed by atoms with Gasteiger partial charge in [-0.25, -0.2) is 9.69 Å². The standard InChI is InChI=1S/C27H22ClN3O2/c1-16-11-12-25(23-10-5-4-9-22(16)23)30-17(2)13-19(18(30)3)14-24-26(32)31(27(33)29-24)21-8-6-7-20(28)15-21/h4-15H,1-3H3,(H,29,33)/b24-14-. The lowest BCUT2D eigenvalue weighted by Crippen LogP contribution is -2.30. The molecular formula is C27H22ClN3O2. The maximum atomic E-state index is 13.0. The Labute approximate surface area is 196 Å². The van der Waals surface area contributed by atoms with Crippen LogP contribution in [0.15, 0.2) is 72.4 Å². The minimum Gasteiger partial charge on any atom is -0.317 e. The number of urea groups is 1. The van der Waals surface area contributed by atoms with Crippen LogP contribution in [0.1, 0.15) is 22.5 Å². The van der Waals surface area contributed by atoms with E-state index >= 15 is 0 Å². The van der Waals surface area contributed by atoms with E-state index in [1.54, 1.807) is 30.3 Å². The Bertz CT molecular complexity index is 1480. The van der Waals surface area contributed by atoms with Gasteiger partial charge in [-0.3, -0.25) is 4.79 Å². The number of nitrogens with zero attached hydrogens (tertiary/aromatic N) is 2. The van der Waals surface area contributed by atoms with Crippen LogP contribution in [0, 0.1) is 20.8 Å². The van der Waals surface area contributed by atoms with Gasteiger partial charge >= 0.3 is 6.03 Å². The highest BCUT2D eigenvalue weighted by Gasteiger charge is 2.35. The third kappa shape index (κ3) is 3.51. The summed E-state index contributed by atoms with van der Waals surface area (Å²) in [5.41, 5.74) is 5.86. The van der Waals surface area contributed by atoms with Gasteiger partial charge in [-0.2, -0.15) is 0 Å². The first-order valence-electron chi connectivity index (χ1n) is 10.7. The number of carbonyl (C=O) groups excluding carboxylic acids is 2. The highest BCUT2D eigenvalue weighted by Crippen LogP contribution is 2.31. The zero-order valence-corrected chi connectivity index (χ0v) is 19.3. The van der Waals surface area contributed by atoms with Crippen LogP contribution in [-0.4, -0.2) is 16.5 Å². The molecule has 0 atom stereocenters. The van der Waals surface area contributed by atoms with E-state index in [9.17, 15) is 9.59 Å². The summed E-state index contributed by atoms with van der Waals surface area (Å²) in [6, 6.07) is 20.8. The van der Waals surface area contributed by atoms with Gasteiger partial charge in [0.05, 0.1) is 11.4 Å². The number of carbonyl (C=O) groups is 2. The Morgan fingerprint density at radius 3 is 2.39 bits per heavy atom. The van der Waals surface area contributed by atoms with Gasteiger partial charge in [0.2, 0.25) is 0 Å². The Morgan fingerprint density at radius 1 is 0.879 bits per heavy atom. The Balaban J connectivity index is 1.57. The van der Waals surface area contributed by atoms with E-state index in [-0.39, 0.29) is 5.70 Å². The number of benzene rings is 3. The summed E-state index contributed by atoms with van der Waals surface area (Å²) in [6.45, 7) is 6.17. The van der Waals surface area contributed by atoms with E-state index in [1.165, 1.54) is 10.9 Å². The summed E-state index contributed by atoms with van der Waals surface area (Å²) >= 11 is 6.05. The molecule has 1 fully saturated rings. The van der Waals surface area contributed by atoms with Crippen molar-refractivity contribution in [3.8, 4) is 5.69 Å². The lowest BCUT2D eigenvalue weighted by atomic mass is 10.0. The number of amides is 3. The second-order valence-electron chi connectivity index (χ2n) is 8.22. The number of anilines is 1. The molecule has 1 aromatic heterocycles. The molecule has 6 heteroatoms. The van der Waals surface area contributed by atoms with Crippen LogP contribution in [0.3, 0.4) is 0 Å². The second kappa shape index (κ2) is 7.94. The number of imide groups is 1. The minimum absolute atomic E-state index is 0.231. The van der Waals surface area contributed by atoms with Crippen LogP contribution in [-0.2, 0) is 4.79 Å². The molecule has 5 nitrogen and oxygen atoms in total. The first-order valence-corrected chi connectivity index (χ1v) is 11.0. The van der Waals surface area contributed by atoms with Crippen LogP contribution >= 0.6 is 11.6 Å². The van der Waals surface area contributed by atoms with E-state index in [4.69, 9.17) is 11.6 Å². The summed E-state index contributed by atoms with van der Waals surface area (Å²) < 4.78 is 2.18. The summed E-state index contributed by atoms with van der Waals surface area (Å²) in [4.78, 5) is 26.7. The van der Waals surface area contributed by atoms with Crippen LogP contribution in [0.5, 0.6) is 0 Å². The van der Waals surface area contributed by atoms with E-state index in [0.29, 0.717) is 10.7 Å². The molecule has 1 saturated heterocycles. The van der Waals surface area contributed by atoms with Crippen LogP contribution in [0.4, 0.5) is 10.5 Å². The SMILES string of the molecule is Cc1ccc(-n2c(C)cc(/C=C3\NC(=O)N(c4cccc(Cl)c4)C3=O)c2C)c2ccccc12. The predicted molar refractivity (Wildman–Crippen MR) is 133 cm³/mol. The fraction of sp³-hybridized carbons (Fsp3) is 0.111. The topological polar surface area (TPSA) is 54.3 Å². The molecule has 4 aromatic rings. The third-order valence-electron chi connectivity index (χ3n) is 6.07. The number of aromatic nitrogens is 1. The third-order valence-corrected chi connectivity index (χ3v) is 6.31. The maximum Gasteiger partial charge on any atom is 0.333 e. The summed E-state index contributed by atoms with van der Waals surface area (Å²) in [5, 5.41) is 5.53. The van der Waals surface area contributed by atoms with Gasteiger partial charge < -0.3 is 9.88 Å². The van der Waals surface area contributed by atoms with E-state index in [0.717, 1.165) is 32.9 Å². The molecule has 3 amide bonds. The van der Waals surface area contributed by atoms with Gasteiger partial charge in [0.1, 0.15) is 5.70 Å². The molecule has 5 rings (SSSR count). The number of rotatable bonds is 3. The van der Waals surface area contributed by atoms with Gasteiger partial charge in [0.15, 0.2) is 0 Å². The minimum atomic E-state index is -0.494. The predicted octanol–water partition coefficient (Wildman–Crippen LogP) is 6.31. The number of hydrogen-bond donors (Lipinski definition) is 1. The molecule has 0 saturated carbocycles. The molecule has 2 heterocycles. The number of aryl methyl sites for hydroxylation is 2. The highest BCUT2D eigenvalue weighted by molar-refractivity contribution is 6.32. The van der Waals surface area contributed by atoms with E-state index in [1.807, 2.05) is 32.0 Å². The molecule has 0 radical (unpaired) electrons. The molecule has 164 valence electrons. The molecule has 0 spiro atoms. The first kappa shape index (κ1) is 21.0. The number of fused-ring (bicyclic) bond motifs is 1. The molecular weight excluding hydrogens is 434 g/mol. The Kier molecular flexibility index (Phi) is 5.06. The average Bonchev–Trinajstić information content (AvgIpc) is 3.23. The average molecular weight is 456 g/mol. The Morgan fingerprint density at radius 2 is 1.64 bits per heavy atom. The van der Waals surface area contributed by atoms with E-state index in [2.05, 4.69) is 41.1 Å². The van der Waals surface area contributed by atoms with Crippen molar-refractivity contribution in [2.75, 3.05) is 4.90 Å². The smallest absolute Gasteiger partial charge is 0.317 e. The van der Waals surface area contributed by atoms with Gasteiger partial charge in [-0.05, 0) is 73.7 Å². The molecule has 3 aromatic carbocycles. The van der Waals surface area contributed by atoms with Crippen molar-refractivity contribution in [3.05, 3.63) is 100.0 Å². The molecule has 1 N–H and O–H groups in total. The molecule has 0 bridgehead atoms. The van der Waals surface area contributed by atoms with Crippen molar-refractivity contribution in [2.24, 2.45) is 0 Å². The lowest BCUT2D eigenvalue weighted by molar-refractivity contribution is -0.113. The first-order chi connectivity index (χ1) is 15.8. The molecule has 1 aliphatic rings. The van der Waals surface area contributed by atoms with Gasteiger partial charge in [0.25, 0.3) is 5.91 Å². The normalized spacial score (nSPS) is 15.0. The largest absolute Gasteiger partial charge is 0.333 e. The van der Waals surface area contributed by atoms with Crippen molar-refractivity contribution < 1.29 is 9.59 Å². The van der Waals surface area contributed by atoms with Crippen molar-refractivity contribution in [1.82, 2.24) is 9.88 Å². The Hall–Kier alpha value is -3.83. The van der Waals surface area contributed by atoms with Crippen molar-refractivity contribution in [1.29, 1.82) is 0 Å². The van der Waals surface area contributed by atoms with Crippen LogP contribution < -0.4 is 10.2 Å².